The average Bonchev–Trinajstić information content (AvgIpc) is 2.33. The fourth-order valence-electron chi connectivity index (χ4n) is 1.72. The Labute approximate surface area is 98.3 Å². The normalized spacial score (nSPS) is 23.2. The van der Waals surface area contributed by atoms with Gasteiger partial charge in [-0.1, -0.05) is 13.3 Å². The minimum absolute atomic E-state index is 0.263. The zero-order valence-corrected chi connectivity index (χ0v) is 10.3. The predicted molar refractivity (Wildman–Crippen MR) is 63.6 cm³/mol. The van der Waals surface area contributed by atoms with Crippen molar-refractivity contribution in [2.24, 2.45) is 0 Å². The highest BCUT2D eigenvalue weighted by molar-refractivity contribution is 4.69. The summed E-state index contributed by atoms with van der Waals surface area (Å²) < 4.78 is 10.9. The second-order valence-corrected chi connectivity index (χ2v) is 4.38. The molecule has 2 unspecified atom stereocenters. The Kier molecular flexibility index (Phi) is 7.76. The van der Waals surface area contributed by atoms with Gasteiger partial charge < -0.3 is 19.9 Å². The minimum Gasteiger partial charge on any atom is -0.388 e. The lowest BCUT2D eigenvalue weighted by Gasteiger charge is -2.24. The van der Waals surface area contributed by atoms with Crippen LogP contribution in [0.4, 0.5) is 0 Å². The Morgan fingerprint density at radius 1 is 1.44 bits per heavy atom. The lowest BCUT2D eigenvalue weighted by Crippen LogP contribution is -2.37. The lowest BCUT2D eigenvalue weighted by atomic mass is 10.1. The van der Waals surface area contributed by atoms with Gasteiger partial charge in [0.2, 0.25) is 0 Å². The molecule has 1 saturated heterocycles. The van der Waals surface area contributed by atoms with E-state index in [0.717, 1.165) is 45.4 Å². The van der Waals surface area contributed by atoms with Crippen molar-refractivity contribution in [2.75, 3.05) is 32.9 Å². The van der Waals surface area contributed by atoms with Crippen LogP contribution in [0.1, 0.15) is 32.6 Å². The summed E-state index contributed by atoms with van der Waals surface area (Å²) in [4.78, 5) is 0. The molecular formula is C12H25NO3. The standard InChI is InChI=1S/C12H25NO3/c1-2-3-7-15-9-11(14)10-16-12-5-4-6-13-8-12/h11-14H,2-10H2,1H3. The minimum atomic E-state index is -0.487. The van der Waals surface area contributed by atoms with Crippen LogP contribution in [0.5, 0.6) is 0 Å². The highest BCUT2D eigenvalue weighted by atomic mass is 16.5. The predicted octanol–water partition coefficient (Wildman–Crippen LogP) is 0.933. The summed E-state index contributed by atoms with van der Waals surface area (Å²) in [6.45, 7) is 5.63. The molecule has 0 aromatic heterocycles. The molecule has 4 nitrogen and oxygen atoms in total. The molecule has 0 amide bonds. The third-order valence-corrected chi connectivity index (χ3v) is 2.73. The van der Waals surface area contributed by atoms with Gasteiger partial charge in [-0.15, -0.1) is 0 Å². The second-order valence-electron chi connectivity index (χ2n) is 4.38. The molecule has 2 atom stereocenters. The summed E-state index contributed by atoms with van der Waals surface area (Å²) in [6.07, 6.45) is 4.21. The van der Waals surface area contributed by atoms with E-state index in [-0.39, 0.29) is 6.10 Å². The molecule has 0 aromatic carbocycles. The zero-order chi connectivity index (χ0) is 11.6. The molecule has 0 bridgehead atoms. The number of hydrogen-bond acceptors (Lipinski definition) is 4. The first kappa shape index (κ1) is 13.9. The molecule has 1 aliphatic heterocycles. The van der Waals surface area contributed by atoms with Crippen LogP contribution in [-0.2, 0) is 9.47 Å². The molecule has 4 heteroatoms. The molecule has 1 fully saturated rings. The van der Waals surface area contributed by atoms with Crippen LogP contribution < -0.4 is 5.32 Å². The van der Waals surface area contributed by atoms with Crippen LogP contribution in [-0.4, -0.2) is 50.2 Å². The van der Waals surface area contributed by atoms with E-state index in [1.54, 1.807) is 0 Å². The first-order valence-electron chi connectivity index (χ1n) is 6.41. The molecule has 16 heavy (non-hydrogen) atoms. The van der Waals surface area contributed by atoms with Crippen LogP contribution in [0.3, 0.4) is 0 Å². The van der Waals surface area contributed by atoms with Crippen molar-refractivity contribution in [3.8, 4) is 0 Å². The highest BCUT2D eigenvalue weighted by Gasteiger charge is 2.14. The van der Waals surface area contributed by atoms with E-state index in [2.05, 4.69) is 12.2 Å². The van der Waals surface area contributed by atoms with Crippen molar-refractivity contribution >= 4 is 0 Å². The smallest absolute Gasteiger partial charge is 0.101 e. The SMILES string of the molecule is CCCCOCC(O)COC1CCCNC1. The first-order chi connectivity index (χ1) is 7.83. The largest absolute Gasteiger partial charge is 0.388 e. The van der Waals surface area contributed by atoms with Gasteiger partial charge in [0.05, 0.1) is 19.3 Å². The van der Waals surface area contributed by atoms with Gasteiger partial charge in [0.15, 0.2) is 0 Å². The summed E-state index contributed by atoms with van der Waals surface area (Å²) in [5, 5.41) is 12.9. The number of rotatable bonds is 8. The molecular weight excluding hydrogens is 206 g/mol. The van der Waals surface area contributed by atoms with Crippen LogP contribution >= 0.6 is 0 Å². The quantitative estimate of drug-likeness (QED) is 0.610. The zero-order valence-electron chi connectivity index (χ0n) is 10.3. The van der Waals surface area contributed by atoms with Crippen molar-refractivity contribution in [1.29, 1.82) is 0 Å². The number of nitrogens with one attached hydrogen (secondary N) is 1. The lowest BCUT2D eigenvalue weighted by molar-refractivity contribution is -0.0494. The number of hydrogen-bond donors (Lipinski definition) is 2. The summed E-state index contributed by atoms with van der Waals surface area (Å²) in [6, 6.07) is 0. The van der Waals surface area contributed by atoms with E-state index in [1.807, 2.05) is 0 Å². The number of aliphatic hydroxyl groups is 1. The van der Waals surface area contributed by atoms with Crippen molar-refractivity contribution in [1.82, 2.24) is 5.32 Å². The Bertz CT molecular complexity index is 160. The number of unbranched alkanes of at least 4 members (excludes halogenated alkanes) is 1. The molecule has 0 radical (unpaired) electrons. The Hall–Kier alpha value is -0.160. The van der Waals surface area contributed by atoms with Gasteiger partial charge in [-0.05, 0) is 25.8 Å². The summed E-state index contributed by atoms with van der Waals surface area (Å²) in [7, 11) is 0. The van der Waals surface area contributed by atoms with E-state index in [1.165, 1.54) is 0 Å². The second kappa shape index (κ2) is 8.93. The molecule has 2 N–H and O–H groups in total. The monoisotopic (exact) mass is 231 g/mol. The summed E-state index contributed by atoms with van der Waals surface area (Å²) >= 11 is 0. The van der Waals surface area contributed by atoms with E-state index < -0.39 is 6.10 Å². The molecule has 1 heterocycles. The van der Waals surface area contributed by atoms with Gasteiger partial charge in [-0.2, -0.15) is 0 Å². The topological polar surface area (TPSA) is 50.7 Å². The Morgan fingerprint density at radius 2 is 2.31 bits per heavy atom. The molecule has 1 aliphatic rings. The number of piperidine rings is 1. The van der Waals surface area contributed by atoms with E-state index in [9.17, 15) is 5.11 Å². The molecule has 0 saturated carbocycles. The van der Waals surface area contributed by atoms with Gasteiger partial charge in [0, 0.05) is 13.2 Å². The maximum Gasteiger partial charge on any atom is 0.101 e. The van der Waals surface area contributed by atoms with Crippen LogP contribution in [0.15, 0.2) is 0 Å². The summed E-state index contributed by atoms with van der Waals surface area (Å²) in [5.41, 5.74) is 0. The van der Waals surface area contributed by atoms with Crippen LogP contribution in [0.2, 0.25) is 0 Å². The maximum absolute atomic E-state index is 9.61. The molecule has 1 rings (SSSR count). The number of ether oxygens (including phenoxy) is 2. The van der Waals surface area contributed by atoms with Crippen molar-refractivity contribution in [3.05, 3.63) is 0 Å². The van der Waals surface area contributed by atoms with Crippen molar-refractivity contribution in [3.63, 3.8) is 0 Å². The third-order valence-electron chi connectivity index (χ3n) is 2.73. The van der Waals surface area contributed by atoms with Crippen LogP contribution in [0, 0.1) is 0 Å². The van der Waals surface area contributed by atoms with E-state index >= 15 is 0 Å². The highest BCUT2D eigenvalue weighted by Crippen LogP contribution is 2.06. The van der Waals surface area contributed by atoms with Gasteiger partial charge in [0.1, 0.15) is 6.10 Å². The van der Waals surface area contributed by atoms with Crippen LogP contribution in [0.25, 0.3) is 0 Å². The summed E-state index contributed by atoms with van der Waals surface area (Å²) in [5.74, 6) is 0. The van der Waals surface area contributed by atoms with Gasteiger partial charge in [-0.25, -0.2) is 0 Å². The maximum atomic E-state index is 9.61. The van der Waals surface area contributed by atoms with E-state index in [0.29, 0.717) is 13.2 Å². The van der Waals surface area contributed by atoms with Gasteiger partial charge >= 0.3 is 0 Å². The molecule has 0 spiro atoms. The Morgan fingerprint density at radius 3 is 3.00 bits per heavy atom. The number of aliphatic hydroxyl groups excluding tert-OH is 1. The third kappa shape index (κ3) is 6.43. The van der Waals surface area contributed by atoms with E-state index in [4.69, 9.17) is 9.47 Å². The van der Waals surface area contributed by atoms with Gasteiger partial charge in [-0.3, -0.25) is 0 Å². The molecule has 0 aromatic rings. The molecule has 0 aliphatic carbocycles. The van der Waals surface area contributed by atoms with Gasteiger partial charge in [0.25, 0.3) is 0 Å². The fourth-order valence-corrected chi connectivity index (χ4v) is 1.72. The average molecular weight is 231 g/mol. The van der Waals surface area contributed by atoms with Crippen molar-refractivity contribution in [2.45, 2.75) is 44.8 Å². The van der Waals surface area contributed by atoms with Crippen molar-refractivity contribution < 1.29 is 14.6 Å². The fraction of sp³-hybridized carbons (Fsp3) is 1.00. The first-order valence-corrected chi connectivity index (χ1v) is 6.41. The Balaban J connectivity index is 1.94. The molecule has 96 valence electrons.